The lowest BCUT2D eigenvalue weighted by atomic mass is 9.78. The first-order chi connectivity index (χ1) is 16.3. The van der Waals surface area contributed by atoms with Crippen molar-refractivity contribution in [2.45, 2.75) is 56.4 Å². The molecule has 7 nitrogen and oxygen atoms in total. The van der Waals surface area contributed by atoms with Gasteiger partial charge in [0.15, 0.2) is 0 Å². The Balaban J connectivity index is 1.30. The molecule has 2 aromatic heterocycles. The molecule has 0 amide bonds. The average molecular weight is 509 g/mol. The monoisotopic (exact) mass is 508 g/mol. The number of nitriles is 1. The zero-order chi connectivity index (χ0) is 24.0. The third kappa shape index (κ3) is 4.45. The van der Waals surface area contributed by atoms with Crippen LogP contribution in [0.3, 0.4) is 0 Å². The quantitative estimate of drug-likeness (QED) is 0.611. The Kier molecular flexibility index (Phi) is 6.38. The van der Waals surface area contributed by atoms with Gasteiger partial charge in [0, 0.05) is 30.2 Å². The third-order valence-corrected chi connectivity index (χ3v) is 7.51. The van der Waals surface area contributed by atoms with E-state index in [9.17, 15) is 14.0 Å². The van der Waals surface area contributed by atoms with E-state index in [2.05, 4.69) is 26.9 Å². The second-order valence-corrected chi connectivity index (χ2v) is 10.0. The van der Waals surface area contributed by atoms with Crippen molar-refractivity contribution in [3.63, 3.8) is 0 Å². The van der Waals surface area contributed by atoms with Gasteiger partial charge in [-0.05, 0) is 43.7 Å². The molecule has 4 unspecified atom stereocenters. The first-order valence-electron chi connectivity index (χ1n) is 11.2. The standard InChI is InChI=1S/C23H24Cl2F2N6O/c1-12(20-17(24)8-29-9-18(20)25)34-15-2-3-19-16(5-15)21(32-31-19)14-4-13(6-28)22(30-7-14)33-10-23(26,27)11-33/h4,7-9,12,15-16,19,21,31-32H,2-3,5,10-11H2,1H3/t12-,15?,16?,19?,21?/m1/s1. The Morgan fingerprint density at radius 3 is 2.62 bits per heavy atom. The van der Waals surface area contributed by atoms with Gasteiger partial charge in [-0.25, -0.2) is 19.2 Å². The number of ether oxygens (including phenoxy) is 1. The number of fused-ring (bicyclic) bond motifs is 1. The average Bonchev–Trinajstić information content (AvgIpc) is 3.20. The highest BCUT2D eigenvalue weighted by atomic mass is 35.5. The summed E-state index contributed by atoms with van der Waals surface area (Å²) in [7, 11) is 0. The highest BCUT2D eigenvalue weighted by molar-refractivity contribution is 6.35. The van der Waals surface area contributed by atoms with Crippen molar-refractivity contribution in [1.29, 1.82) is 5.26 Å². The van der Waals surface area contributed by atoms with Gasteiger partial charge in [0.05, 0.1) is 46.9 Å². The van der Waals surface area contributed by atoms with Gasteiger partial charge in [0.25, 0.3) is 5.92 Å². The molecule has 0 aromatic carbocycles. The van der Waals surface area contributed by atoms with Gasteiger partial charge in [0.1, 0.15) is 11.9 Å². The molecular formula is C23H24Cl2F2N6O. The molecule has 2 saturated heterocycles. The van der Waals surface area contributed by atoms with E-state index in [1.165, 1.54) is 4.90 Å². The molecule has 5 rings (SSSR count). The first kappa shape index (κ1) is 23.6. The van der Waals surface area contributed by atoms with E-state index < -0.39 is 19.0 Å². The lowest BCUT2D eigenvalue weighted by molar-refractivity contribution is -0.0370. The highest BCUT2D eigenvalue weighted by Crippen LogP contribution is 2.42. The molecule has 1 aliphatic carbocycles. The van der Waals surface area contributed by atoms with Gasteiger partial charge >= 0.3 is 0 Å². The van der Waals surface area contributed by atoms with E-state index in [0.29, 0.717) is 21.4 Å². The molecule has 0 radical (unpaired) electrons. The fourth-order valence-electron chi connectivity index (χ4n) is 5.28. The molecule has 3 fully saturated rings. The van der Waals surface area contributed by atoms with Crippen molar-refractivity contribution in [3.05, 3.63) is 51.4 Å². The molecule has 3 aliphatic rings. The lowest BCUT2D eigenvalue weighted by Gasteiger charge is -2.40. The van der Waals surface area contributed by atoms with Crippen LogP contribution in [-0.2, 0) is 4.74 Å². The SMILES string of the molecule is C[C@@H](OC1CCC2NNC(c3cnc(N4CC(F)(F)C4)c(C#N)c3)C2C1)c1c(Cl)cncc1Cl. The van der Waals surface area contributed by atoms with Crippen molar-refractivity contribution < 1.29 is 13.5 Å². The normalized spacial score (nSPS) is 28.6. The van der Waals surface area contributed by atoms with Crippen LogP contribution in [0.15, 0.2) is 24.7 Å². The Labute approximate surface area is 206 Å². The number of aromatic nitrogens is 2. The van der Waals surface area contributed by atoms with Crippen LogP contribution in [0.25, 0.3) is 0 Å². The van der Waals surface area contributed by atoms with Crippen molar-refractivity contribution in [2.24, 2.45) is 5.92 Å². The summed E-state index contributed by atoms with van der Waals surface area (Å²) in [6.45, 7) is 1.11. The molecule has 180 valence electrons. The van der Waals surface area contributed by atoms with Crippen LogP contribution in [0, 0.1) is 17.2 Å². The minimum absolute atomic E-state index is 0.00624. The maximum Gasteiger partial charge on any atom is 0.282 e. The molecular weight excluding hydrogens is 485 g/mol. The highest BCUT2D eigenvalue weighted by Gasteiger charge is 2.46. The number of nitrogens with one attached hydrogen (secondary N) is 2. The van der Waals surface area contributed by atoms with Gasteiger partial charge in [0.2, 0.25) is 0 Å². The molecule has 11 heteroatoms. The number of hydrogen-bond donors (Lipinski definition) is 2. The Morgan fingerprint density at radius 2 is 1.94 bits per heavy atom. The molecule has 2 N–H and O–H groups in total. The van der Waals surface area contributed by atoms with Crippen molar-refractivity contribution >= 4 is 29.0 Å². The molecule has 5 atom stereocenters. The largest absolute Gasteiger partial charge is 0.370 e. The summed E-state index contributed by atoms with van der Waals surface area (Å²) in [6, 6.07) is 4.05. The second-order valence-electron chi connectivity index (χ2n) is 9.23. The predicted octanol–water partition coefficient (Wildman–Crippen LogP) is 4.57. The first-order valence-corrected chi connectivity index (χ1v) is 12.0. The van der Waals surface area contributed by atoms with Crippen LogP contribution in [0.1, 0.15) is 55.0 Å². The number of nitrogens with zero attached hydrogens (tertiary/aromatic N) is 4. The van der Waals surface area contributed by atoms with Crippen LogP contribution >= 0.6 is 23.2 Å². The molecule has 0 spiro atoms. The molecule has 4 heterocycles. The zero-order valence-corrected chi connectivity index (χ0v) is 20.0. The minimum atomic E-state index is -2.73. The molecule has 0 bridgehead atoms. The molecule has 2 aromatic rings. The Hall–Kier alpha value is -2.09. The van der Waals surface area contributed by atoms with Crippen LogP contribution in [0.5, 0.6) is 0 Å². The summed E-state index contributed by atoms with van der Waals surface area (Å²) < 4.78 is 33.0. The van der Waals surface area contributed by atoms with Gasteiger partial charge < -0.3 is 9.64 Å². The van der Waals surface area contributed by atoms with Crippen molar-refractivity contribution in [2.75, 3.05) is 18.0 Å². The third-order valence-electron chi connectivity index (χ3n) is 6.91. The van der Waals surface area contributed by atoms with Gasteiger partial charge in [-0.15, -0.1) is 0 Å². The maximum atomic E-state index is 13.3. The van der Waals surface area contributed by atoms with E-state index in [0.717, 1.165) is 30.4 Å². The van der Waals surface area contributed by atoms with E-state index in [1.807, 2.05) is 6.92 Å². The maximum absolute atomic E-state index is 13.3. The van der Waals surface area contributed by atoms with Gasteiger partial charge in [-0.1, -0.05) is 23.2 Å². The summed E-state index contributed by atoms with van der Waals surface area (Å²) in [5.74, 6) is -2.21. The number of pyridine rings is 2. The van der Waals surface area contributed by atoms with Crippen LogP contribution < -0.4 is 15.8 Å². The van der Waals surface area contributed by atoms with E-state index in [-0.39, 0.29) is 30.2 Å². The lowest BCUT2D eigenvalue weighted by Crippen LogP contribution is -2.57. The number of rotatable bonds is 5. The summed E-state index contributed by atoms with van der Waals surface area (Å²) in [4.78, 5) is 9.82. The summed E-state index contributed by atoms with van der Waals surface area (Å²) >= 11 is 12.6. The Bertz CT molecular complexity index is 1100. The number of hydrazine groups is 1. The fourth-order valence-corrected chi connectivity index (χ4v) is 5.95. The number of halogens is 4. The molecule has 1 saturated carbocycles. The minimum Gasteiger partial charge on any atom is -0.370 e. The molecule has 34 heavy (non-hydrogen) atoms. The van der Waals surface area contributed by atoms with E-state index in [4.69, 9.17) is 27.9 Å². The number of anilines is 1. The van der Waals surface area contributed by atoms with E-state index >= 15 is 0 Å². The van der Waals surface area contributed by atoms with Crippen LogP contribution in [0.4, 0.5) is 14.6 Å². The zero-order valence-electron chi connectivity index (χ0n) is 18.4. The predicted molar refractivity (Wildman–Crippen MR) is 124 cm³/mol. The second kappa shape index (κ2) is 9.17. The summed E-state index contributed by atoms with van der Waals surface area (Å²) in [5, 5.41) is 10.6. The van der Waals surface area contributed by atoms with Crippen LogP contribution in [-0.4, -0.2) is 41.1 Å². The van der Waals surface area contributed by atoms with Gasteiger partial charge in [-0.3, -0.25) is 10.4 Å². The smallest absolute Gasteiger partial charge is 0.282 e. The number of hydrogen-bond acceptors (Lipinski definition) is 7. The fraction of sp³-hybridized carbons (Fsp3) is 0.522. The summed E-state index contributed by atoms with van der Waals surface area (Å²) in [5.41, 5.74) is 8.59. The van der Waals surface area contributed by atoms with Crippen molar-refractivity contribution in [1.82, 2.24) is 20.8 Å². The number of alkyl halides is 2. The van der Waals surface area contributed by atoms with E-state index in [1.54, 1.807) is 24.7 Å². The van der Waals surface area contributed by atoms with Crippen molar-refractivity contribution in [3.8, 4) is 6.07 Å². The van der Waals surface area contributed by atoms with Gasteiger partial charge in [-0.2, -0.15) is 5.26 Å². The van der Waals surface area contributed by atoms with Crippen LogP contribution in [0.2, 0.25) is 10.0 Å². The summed E-state index contributed by atoms with van der Waals surface area (Å²) in [6.07, 6.45) is 7.12. The molecule has 2 aliphatic heterocycles. The Morgan fingerprint density at radius 1 is 1.21 bits per heavy atom. The topological polar surface area (TPSA) is 86.1 Å².